The molecule has 0 saturated heterocycles. The summed E-state index contributed by atoms with van der Waals surface area (Å²) in [4.78, 5) is 33.6. The molecular weight excluding hydrogens is 252 g/mol. The van der Waals surface area contributed by atoms with Crippen molar-refractivity contribution in [1.82, 2.24) is 0 Å². The van der Waals surface area contributed by atoms with Gasteiger partial charge in [0, 0.05) is 11.1 Å². The van der Waals surface area contributed by atoms with Crippen molar-refractivity contribution in [3.8, 4) is 0 Å². The predicted octanol–water partition coefficient (Wildman–Crippen LogP) is 1.32. The summed E-state index contributed by atoms with van der Waals surface area (Å²) in [5, 5.41) is 9.11. The quantitative estimate of drug-likeness (QED) is 0.554. The third kappa shape index (κ3) is 5.37. The van der Waals surface area contributed by atoms with Gasteiger partial charge in [0.15, 0.2) is 0 Å². The average molecular weight is 270 g/mol. The van der Waals surface area contributed by atoms with Crippen LogP contribution in [-0.2, 0) is 23.9 Å². The molecule has 0 radical (unpaired) electrons. The zero-order chi connectivity index (χ0) is 15.2. The zero-order valence-electron chi connectivity index (χ0n) is 11.3. The van der Waals surface area contributed by atoms with Crippen molar-refractivity contribution >= 4 is 17.9 Å². The lowest BCUT2D eigenvalue weighted by Crippen LogP contribution is -2.39. The molecule has 0 aromatic heterocycles. The molecule has 0 saturated carbocycles. The second kappa shape index (κ2) is 6.72. The van der Waals surface area contributed by atoms with Gasteiger partial charge in [-0.1, -0.05) is 13.2 Å². The molecule has 106 valence electrons. The highest BCUT2D eigenvalue weighted by molar-refractivity contribution is 5.88. The second-order valence-electron chi connectivity index (χ2n) is 4.58. The van der Waals surface area contributed by atoms with Crippen LogP contribution < -0.4 is 0 Å². The number of hydrogen-bond donors (Lipinski definition) is 1. The Hall–Kier alpha value is -2.11. The van der Waals surface area contributed by atoms with Crippen LogP contribution in [0.15, 0.2) is 24.3 Å². The minimum Gasteiger partial charge on any atom is -0.481 e. The minimum absolute atomic E-state index is 0.159. The molecular formula is C13H18O6. The van der Waals surface area contributed by atoms with Crippen LogP contribution in [0.2, 0.25) is 0 Å². The molecule has 0 aliphatic rings. The highest BCUT2D eigenvalue weighted by Crippen LogP contribution is 2.19. The monoisotopic (exact) mass is 270 g/mol. The largest absolute Gasteiger partial charge is 0.481 e. The van der Waals surface area contributed by atoms with Crippen molar-refractivity contribution < 1.29 is 29.0 Å². The van der Waals surface area contributed by atoms with Crippen molar-refractivity contribution in [2.45, 2.75) is 20.8 Å². The lowest BCUT2D eigenvalue weighted by molar-refractivity contribution is -0.163. The fraction of sp³-hybridized carbons (Fsp3) is 0.462. The highest BCUT2D eigenvalue weighted by Gasteiger charge is 2.37. The molecule has 6 nitrogen and oxygen atoms in total. The van der Waals surface area contributed by atoms with Crippen molar-refractivity contribution in [2.75, 3.05) is 13.2 Å². The van der Waals surface area contributed by atoms with Gasteiger partial charge < -0.3 is 14.6 Å². The lowest BCUT2D eigenvalue weighted by Gasteiger charge is -2.23. The third-order valence-corrected chi connectivity index (χ3v) is 2.26. The van der Waals surface area contributed by atoms with E-state index in [0.29, 0.717) is 0 Å². The van der Waals surface area contributed by atoms with Crippen molar-refractivity contribution in [1.29, 1.82) is 0 Å². The standard InChI is InChI=1S/C13H18O6/c1-8(2)10(14)18-6-13(5,12(16)17)7-19-11(15)9(3)4/h1,3,6-7H2,2,4-5H3,(H,16,17). The van der Waals surface area contributed by atoms with Gasteiger partial charge in [-0.2, -0.15) is 0 Å². The topological polar surface area (TPSA) is 89.9 Å². The number of ether oxygens (including phenoxy) is 2. The summed E-state index contributed by atoms with van der Waals surface area (Å²) in [6.07, 6.45) is 0. The van der Waals surface area contributed by atoms with E-state index in [1.807, 2.05) is 0 Å². The first kappa shape index (κ1) is 16.9. The first-order valence-electron chi connectivity index (χ1n) is 5.49. The Labute approximate surface area is 111 Å². The first-order valence-corrected chi connectivity index (χ1v) is 5.49. The van der Waals surface area contributed by atoms with Gasteiger partial charge in [0.25, 0.3) is 0 Å². The molecule has 0 rings (SSSR count). The molecule has 6 heteroatoms. The molecule has 0 bridgehead atoms. The summed E-state index contributed by atoms with van der Waals surface area (Å²) >= 11 is 0. The number of carbonyl (C=O) groups is 3. The smallest absolute Gasteiger partial charge is 0.333 e. The second-order valence-corrected chi connectivity index (χ2v) is 4.58. The zero-order valence-corrected chi connectivity index (χ0v) is 11.3. The lowest BCUT2D eigenvalue weighted by atomic mass is 9.93. The normalized spacial score (nSPS) is 10.5. The number of hydrogen-bond acceptors (Lipinski definition) is 5. The number of carboxylic acids is 1. The Morgan fingerprint density at radius 1 is 1.00 bits per heavy atom. The van der Waals surface area contributed by atoms with E-state index in [1.165, 1.54) is 20.8 Å². The molecule has 0 amide bonds. The maximum atomic E-state index is 11.2. The number of carboxylic acid groups (broad SMARTS) is 1. The Balaban J connectivity index is 4.64. The fourth-order valence-corrected chi connectivity index (χ4v) is 0.861. The van der Waals surface area contributed by atoms with Gasteiger partial charge in [-0.05, 0) is 20.8 Å². The summed E-state index contributed by atoms with van der Waals surface area (Å²) in [7, 11) is 0. The van der Waals surface area contributed by atoms with Crippen LogP contribution in [0.5, 0.6) is 0 Å². The van der Waals surface area contributed by atoms with E-state index in [0.717, 1.165) is 0 Å². The molecule has 0 aliphatic carbocycles. The molecule has 0 aromatic rings. The first-order chi connectivity index (χ1) is 8.60. The fourth-order valence-electron chi connectivity index (χ4n) is 0.861. The molecule has 0 heterocycles. The van der Waals surface area contributed by atoms with E-state index in [1.54, 1.807) is 0 Å². The highest BCUT2D eigenvalue weighted by atomic mass is 16.6. The van der Waals surface area contributed by atoms with Gasteiger partial charge in [0.1, 0.15) is 18.6 Å². The van der Waals surface area contributed by atoms with Crippen LogP contribution in [-0.4, -0.2) is 36.2 Å². The maximum Gasteiger partial charge on any atom is 0.333 e. The van der Waals surface area contributed by atoms with Crippen LogP contribution in [0, 0.1) is 5.41 Å². The van der Waals surface area contributed by atoms with Gasteiger partial charge >= 0.3 is 17.9 Å². The van der Waals surface area contributed by atoms with Crippen molar-refractivity contribution in [2.24, 2.45) is 5.41 Å². The van der Waals surface area contributed by atoms with Crippen LogP contribution in [0.1, 0.15) is 20.8 Å². The molecule has 19 heavy (non-hydrogen) atoms. The summed E-state index contributed by atoms with van der Waals surface area (Å²) in [5.74, 6) is -2.63. The Morgan fingerprint density at radius 3 is 1.53 bits per heavy atom. The van der Waals surface area contributed by atoms with E-state index in [-0.39, 0.29) is 11.1 Å². The van der Waals surface area contributed by atoms with Crippen molar-refractivity contribution in [3.63, 3.8) is 0 Å². The van der Waals surface area contributed by atoms with Gasteiger partial charge in [-0.15, -0.1) is 0 Å². The van der Waals surface area contributed by atoms with Gasteiger partial charge in [-0.25, -0.2) is 9.59 Å². The van der Waals surface area contributed by atoms with E-state index in [2.05, 4.69) is 13.2 Å². The molecule has 0 fully saturated rings. The molecule has 0 unspecified atom stereocenters. The van der Waals surface area contributed by atoms with Crippen LogP contribution in [0.4, 0.5) is 0 Å². The molecule has 0 spiro atoms. The Bertz CT molecular complexity index is 391. The average Bonchev–Trinajstić information content (AvgIpc) is 2.32. The SMILES string of the molecule is C=C(C)C(=O)OCC(C)(COC(=O)C(=C)C)C(=O)O. The van der Waals surface area contributed by atoms with Crippen LogP contribution in [0.3, 0.4) is 0 Å². The summed E-state index contributed by atoms with van der Waals surface area (Å²) in [6, 6.07) is 0. The van der Waals surface area contributed by atoms with Crippen molar-refractivity contribution in [3.05, 3.63) is 24.3 Å². The van der Waals surface area contributed by atoms with E-state index >= 15 is 0 Å². The summed E-state index contributed by atoms with van der Waals surface area (Å²) in [5.41, 5.74) is -1.20. The minimum atomic E-state index is -1.52. The van der Waals surface area contributed by atoms with Crippen LogP contribution in [0.25, 0.3) is 0 Å². The van der Waals surface area contributed by atoms with Gasteiger partial charge in [-0.3, -0.25) is 4.79 Å². The van der Waals surface area contributed by atoms with E-state index in [4.69, 9.17) is 14.6 Å². The molecule has 0 aliphatic heterocycles. The molecule has 0 atom stereocenters. The number of esters is 2. The third-order valence-electron chi connectivity index (χ3n) is 2.26. The van der Waals surface area contributed by atoms with Crippen LogP contribution >= 0.6 is 0 Å². The number of aliphatic carboxylic acids is 1. The van der Waals surface area contributed by atoms with Gasteiger partial charge in [0.05, 0.1) is 0 Å². The van der Waals surface area contributed by atoms with E-state index < -0.39 is 36.5 Å². The maximum absolute atomic E-state index is 11.2. The molecule has 0 aromatic carbocycles. The predicted molar refractivity (Wildman–Crippen MR) is 67.3 cm³/mol. The Morgan fingerprint density at radius 2 is 1.32 bits per heavy atom. The number of carbonyl (C=O) groups excluding carboxylic acids is 2. The van der Waals surface area contributed by atoms with Gasteiger partial charge in [0.2, 0.25) is 0 Å². The summed E-state index contributed by atoms with van der Waals surface area (Å²) in [6.45, 7) is 10.1. The summed E-state index contributed by atoms with van der Waals surface area (Å²) < 4.78 is 9.58. The molecule has 1 N–H and O–H groups in total. The Kier molecular flexibility index (Phi) is 5.98. The van der Waals surface area contributed by atoms with E-state index in [9.17, 15) is 14.4 Å². The number of rotatable bonds is 7.